The maximum absolute atomic E-state index is 11.3. The van der Waals surface area contributed by atoms with Crippen LogP contribution < -0.4 is 0 Å². The number of carbonyl (C=O) groups is 2. The van der Waals surface area contributed by atoms with Gasteiger partial charge >= 0.3 is 11.9 Å². The summed E-state index contributed by atoms with van der Waals surface area (Å²) in [6, 6.07) is 0. The van der Waals surface area contributed by atoms with Gasteiger partial charge in [-0.05, 0) is 24.7 Å². The third kappa shape index (κ3) is 1.47. The van der Waals surface area contributed by atoms with Crippen LogP contribution in [0, 0.1) is 17.3 Å². The molecule has 0 aromatic heterocycles. The molecule has 0 radical (unpaired) electrons. The summed E-state index contributed by atoms with van der Waals surface area (Å²) in [6.07, 6.45) is 2.42. The van der Waals surface area contributed by atoms with E-state index in [-0.39, 0.29) is 29.2 Å². The molecule has 1 saturated heterocycles. The van der Waals surface area contributed by atoms with E-state index >= 15 is 0 Å². The van der Waals surface area contributed by atoms with Crippen molar-refractivity contribution < 1.29 is 14.3 Å². The Morgan fingerprint density at radius 1 is 1.15 bits per heavy atom. The maximum atomic E-state index is 11.3. The van der Waals surface area contributed by atoms with Crippen LogP contribution in [0.25, 0.3) is 0 Å². The van der Waals surface area contributed by atoms with Crippen LogP contribution >= 0.6 is 0 Å². The monoisotopic (exact) mass is 182 g/mol. The molecule has 0 aromatic carbocycles. The highest BCUT2D eigenvalue weighted by Gasteiger charge is 2.45. The molecule has 2 rings (SSSR count). The fraction of sp³-hybridized carbons (Fsp3) is 0.800. The number of carbonyl (C=O) groups excluding carboxylic acids is 2. The molecule has 2 aliphatic rings. The van der Waals surface area contributed by atoms with Crippen molar-refractivity contribution in [3.8, 4) is 0 Å². The third-order valence-electron chi connectivity index (χ3n) is 3.03. The molecule has 2 unspecified atom stereocenters. The molecule has 0 N–H and O–H groups in total. The second kappa shape index (κ2) is 2.56. The van der Waals surface area contributed by atoms with E-state index in [0.717, 1.165) is 12.8 Å². The van der Waals surface area contributed by atoms with Gasteiger partial charge in [-0.25, -0.2) is 0 Å². The minimum atomic E-state index is -0.311. The van der Waals surface area contributed by atoms with Gasteiger partial charge in [0.25, 0.3) is 0 Å². The minimum Gasteiger partial charge on any atom is -0.393 e. The first-order valence-corrected chi connectivity index (χ1v) is 4.73. The van der Waals surface area contributed by atoms with Gasteiger partial charge in [0.2, 0.25) is 0 Å². The molecule has 0 aromatic rings. The highest BCUT2D eigenvalue weighted by molar-refractivity contribution is 5.91. The van der Waals surface area contributed by atoms with Gasteiger partial charge in [-0.15, -0.1) is 0 Å². The van der Waals surface area contributed by atoms with Crippen LogP contribution in [0.4, 0.5) is 0 Å². The number of hydrogen-bond acceptors (Lipinski definition) is 3. The molecule has 2 atom stereocenters. The zero-order valence-electron chi connectivity index (χ0n) is 8.00. The molecule has 0 amide bonds. The van der Waals surface area contributed by atoms with E-state index in [9.17, 15) is 9.59 Å². The van der Waals surface area contributed by atoms with Crippen molar-refractivity contribution in [3.63, 3.8) is 0 Å². The molecule has 2 fully saturated rings. The summed E-state index contributed by atoms with van der Waals surface area (Å²) in [7, 11) is 0. The van der Waals surface area contributed by atoms with Gasteiger partial charge in [0, 0.05) is 0 Å². The van der Waals surface area contributed by atoms with Crippen LogP contribution in [0.15, 0.2) is 0 Å². The van der Waals surface area contributed by atoms with E-state index in [1.807, 2.05) is 0 Å². The maximum Gasteiger partial charge on any atom is 0.316 e. The van der Waals surface area contributed by atoms with Crippen LogP contribution in [0.2, 0.25) is 0 Å². The Morgan fingerprint density at radius 2 is 1.62 bits per heavy atom. The van der Waals surface area contributed by atoms with E-state index in [2.05, 4.69) is 18.6 Å². The Morgan fingerprint density at radius 3 is 2.08 bits per heavy atom. The van der Waals surface area contributed by atoms with Crippen LogP contribution in [0.5, 0.6) is 0 Å². The lowest BCUT2D eigenvalue weighted by Crippen LogP contribution is -2.43. The highest BCUT2D eigenvalue weighted by Crippen LogP contribution is 2.44. The zero-order valence-corrected chi connectivity index (χ0v) is 8.00. The summed E-state index contributed by atoms with van der Waals surface area (Å²) in [5, 5.41) is 0. The predicted molar refractivity (Wildman–Crippen MR) is 45.7 cm³/mol. The van der Waals surface area contributed by atoms with Gasteiger partial charge in [0.05, 0.1) is 11.8 Å². The smallest absolute Gasteiger partial charge is 0.316 e. The standard InChI is InChI=1S/C10H14O3/c1-10(2)4-6-3-7(5-10)9(12)13-8(6)11/h6-7H,3-5H2,1-2H3. The fourth-order valence-corrected chi connectivity index (χ4v) is 2.55. The minimum absolute atomic E-state index is 0.0357. The molecule has 72 valence electrons. The van der Waals surface area contributed by atoms with Gasteiger partial charge in [-0.1, -0.05) is 13.8 Å². The topological polar surface area (TPSA) is 43.4 Å². The molecular weight excluding hydrogens is 168 g/mol. The number of fused-ring (bicyclic) bond motifs is 2. The van der Waals surface area contributed by atoms with Gasteiger partial charge in [-0.2, -0.15) is 0 Å². The van der Waals surface area contributed by atoms with Gasteiger partial charge in [0.15, 0.2) is 0 Å². The largest absolute Gasteiger partial charge is 0.393 e. The second-order valence-electron chi connectivity index (χ2n) is 4.94. The first kappa shape index (κ1) is 8.73. The molecule has 3 nitrogen and oxygen atoms in total. The Balaban J connectivity index is 2.23. The van der Waals surface area contributed by atoms with Gasteiger partial charge in [0.1, 0.15) is 0 Å². The first-order valence-electron chi connectivity index (χ1n) is 4.73. The average Bonchev–Trinajstić information content (AvgIpc) is 1.98. The molecule has 2 bridgehead atoms. The number of rotatable bonds is 0. The van der Waals surface area contributed by atoms with Crippen molar-refractivity contribution in [2.75, 3.05) is 0 Å². The summed E-state index contributed by atoms with van der Waals surface area (Å²) < 4.78 is 4.67. The molecule has 1 aliphatic carbocycles. The van der Waals surface area contributed by atoms with Crippen LogP contribution in [0.3, 0.4) is 0 Å². The average molecular weight is 182 g/mol. The molecule has 1 heterocycles. The van der Waals surface area contributed by atoms with E-state index in [0.29, 0.717) is 6.42 Å². The van der Waals surface area contributed by atoms with Crippen LogP contribution in [-0.2, 0) is 14.3 Å². The predicted octanol–water partition coefficient (Wildman–Crippen LogP) is 1.51. The molecule has 1 aliphatic heterocycles. The Labute approximate surface area is 77.4 Å². The summed E-state index contributed by atoms with van der Waals surface area (Å²) in [4.78, 5) is 22.5. The van der Waals surface area contributed by atoms with Crippen LogP contribution in [0.1, 0.15) is 33.1 Å². The highest BCUT2D eigenvalue weighted by atomic mass is 16.6. The molecule has 1 saturated carbocycles. The van der Waals surface area contributed by atoms with Crippen molar-refractivity contribution in [2.24, 2.45) is 17.3 Å². The number of ether oxygens (including phenoxy) is 1. The van der Waals surface area contributed by atoms with E-state index in [1.165, 1.54) is 0 Å². The van der Waals surface area contributed by atoms with Crippen molar-refractivity contribution >= 4 is 11.9 Å². The van der Waals surface area contributed by atoms with Gasteiger partial charge < -0.3 is 4.74 Å². The van der Waals surface area contributed by atoms with Crippen molar-refractivity contribution in [3.05, 3.63) is 0 Å². The molecule has 13 heavy (non-hydrogen) atoms. The summed E-state index contributed by atoms with van der Waals surface area (Å²) in [6.45, 7) is 4.22. The quantitative estimate of drug-likeness (QED) is 0.421. The Bertz CT molecular complexity index is 243. The van der Waals surface area contributed by atoms with E-state index < -0.39 is 0 Å². The van der Waals surface area contributed by atoms with Crippen molar-refractivity contribution in [1.29, 1.82) is 0 Å². The number of hydrogen-bond donors (Lipinski definition) is 0. The lowest BCUT2D eigenvalue weighted by Gasteiger charge is -2.40. The third-order valence-corrected chi connectivity index (χ3v) is 3.03. The molecule has 0 spiro atoms. The Kier molecular flexibility index (Phi) is 1.72. The van der Waals surface area contributed by atoms with E-state index in [1.54, 1.807) is 0 Å². The second-order valence-corrected chi connectivity index (χ2v) is 4.94. The van der Waals surface area contributed by atoms with Crippen molar-refractivity contribution in [2.45, 2.75) is 33.1 Å². The SMILES string of the molecule is CC1(C)CC2CC(C1)C(=O)OC2=O. The fourth-order valence-electron chi connectivity index (χ4n) is 2.55. The van der Waals surface area contributed by atoms with E-state index in [4.69, 9.17) is 0 Å². The summed E-state index contributed by atoms with van der Waals surface area (Å²) in [5.74, 6) is -0.694. The Hall–Kier alpha value is -0.860. The number of cyclic esters (lactones) is 2. The van der Waals surface area contributed by atoms with Crippen molar-refractivity contribution in [1.82, 2.24) is 0 Å². The first-order chi connectivity index (χ1) is 5.98. The molecular formula is C10H14O3. The van der Waals surface area contributed by atoms with Gasteiger partial charge in [-0.3, -0.25) is 9.59 Å². The number of esters is 2. The van der Waals surface area contributed by atoms with Crippen LogP contribution in [-0.4, -0.2) is 11.9 Å². The normalized spacial score (nSPS) is 37.1. The summed E-state index contributed by atoms with van der Waals surface area (Å²) >= 11 is 0. The lowest BCUT2D eigenvalue weighted by atomic mass is 9.66. The molecule has 3 heteroatoms. The summed E-state index contributed by atoms with van der Waals surface area (Å²) in [5.41, 5.74) is 0.114. The lowest BCUT2D eigenvalue weighted by molar-refractivity contribution is -0.177. The zero-order chi connectivity index (χ0) is 9.64.